The molecule has 1 spiro atoms. The molecule has 0 bridgehead atoms. The quantitative estimate of drug-likeness (QED) is 0.169. The van der Waals surface area contributed by atoms with Crippen molar-refractivity contribution in [3.63, 3.8) is 0 Å². The Morgan fingerprint density at radius 2 is 1.47 bits per heavy atom. The number of benzene rings is 5. The van der Waals surface area contributed by atoms with Crippen molar-refractivity contribution in [2.45, 2.75) is 37.8 Å². The Hall–Kier alpha value is -6.98. The lowest BCUT2D eigenvalue weighted by Crippen LogP contribution is -2.30. The van der Waals surface area contributed by atoms with Gasteiger partial charge in [0.05, 0.1) is 23.5 Å². The van der Waals surface area contributed by atoms with E-state index < -0.39 is 0 Å². The van der Waals surface area contributed by atoms with Gasteiger partial charge in [0.2, 0.25) is 0 Å². The smallest absolute Gasteiger partial charge is 0.119 e. The molecule has 0 fully saturated rings. The van der Waals surface area contributed by atoms with Gasteiger partial charge in [0.1, 0.15) is 5.82 Å². The molecule has 4 N–H and O–H groups in total. The van der Waals surface area contributed by atoms with Crippen LogP contribution in [0.25, 0.3) is 57.2 Å². The van der Waals surface area contributed by atoms with Crippen LogP contribution in [0.4, 0.5) is 5.82 Å². The van der Waals surface area contributed by atoms with Crippen molar-refractivity contribution in [2.75, 3.05) is 5.32 Å². The predicted octanol–water partition coefficient (Wildman–Crippen LogP) is 11.4. The monoisotopic (exact) mass is 735 g/mol. The first-order valence-corrected chi connectivity index (χ1v) is 20.1. The normalized spacial score (nSPS) is 19.5. The fourth-order valence-electron chi connectivity index (χ4n) is 10.9. The number of nitrogens with one attached hydrogen (secondary N) is 2. The van der Waals surface area contributed by atoms with Crippen LogP contribution in [-0.2, 0) is 12.0 Å². The molecule has 2 aromatic heterocycles. The van der Waals surface area contributed by atoms with Crippen molar-refractivity contribution in [2.24, 2.45) is 5.73 Å². The molecule has 0 radical (unpaired) electrons. The van der Waals surface area contributed by atoms with E-state index in [9.17, 15) is 0 Å². The van der Waals surface area contributed by atoms with Crippen molar-refractivity contribution < 1.29 is 0 Å². The summed E-state index contributed by atoms with van der Waals surface area (Å²) in [5.74, 6) is 1.15. The molecule has 5 aromatic carbocycles. The van der Waals surface area contributed by atoms with Crippen LogP contribution in [-0.4, -0.2) is 9.13 Å². The molecule has 274 valence electrons. The van der Waals surface area contributed by atoms with E-state index in [4.69, 9.17) is 5.73 Å². The van der Waals surface area contributed by atoms with Crippen LogP contribution in [0, 0.1) is 6.92 Å². The van der Waals surface area contributed by atoms with Gasteiger partial charge in [0.25, 0.3) is 0 Å². The van der Waals surface area contributed by atoms with Gasteiger partial charge >= 0.3 is 0 Å². The lowest BCUT2D eigenvalue weighted by molar-refractivity contribution is 0.734. The molecule has 4 heterocycles. The maximum atomic E-state index is 5.85. The second-order valence-corrected chi connectivity index (χ2v) is 15.9. The van der Waals surface area contributed by atoms with E-state index in [0.29, 0.717) is 0 Å². The second-order valence-electron chi connectivity index (χ2n) is 15.9. The number of aromatic nitrogens is 2. The molecule has 0 amide bonds. The van der Waals surface area contributed by atoms with Crippen LogP contribution in [0.5, 0.6) is 0 Å². The Kier molecular flexibility index (Phi) is 6.80. The fourth-order valence-corrected chi connectivity index (χ4v) is 10.9. The standard InChI is InChI=1S/C52H41N5/c1-32-37(26-28-53)41-27-29-54-31-49(41)56(32)35-22-18-33(19-23-35)34-20-24-36(25-21-34)57-48-17-9-5-12-40(48)43-30-47-50(55-51(43)57)42-13-4-8-16-46(42)52(47)44-14-6-2-10-38(44)39-11-3-7-15-45(39)52/h2,4-10,12-30,50,54-55H,3,11,31,53H2,1H3/b28-26-. The van der Waals surface area contributed by atoms with Crippen LogP contribution in [0.15, 0.2) is 157 Å². The Balaban J connectivity index is 0.961. The van der Waals surface area contributed by atoms with Gasteiger partial charge in [-0.2, -0.15) is 0 Å². The number of allylic oxidation sites excluding steroid dienone is 4. The van der Waals surface area contributed by atoms with E-state index in [-0.39, 0.29) is 11.5 Å². The average molecular weight is 736 g/mol. The molecular formula is C52H41N5. The van der Waals surface area contributed by atoms with E-state index in [0.717, 1.165) is 36.6 Å². The maximum absolute atomic E-state index is 5.85. The zero-order valence-corrected chi connectivity index (χ0v) is 31.8. The third-order valence-electron chi connectivity index (χ3n) is 13.2. The first-order valence-electron chi connectivity index (χ1n) is 20.1. The highest BCUT2D eigenvalue weighted by molar-refractivity contribution is 6.02. The van der Waals surface area contributed by atoms with Gasteiger partial charge in [-0.05, 0) is 131 Å². The Labute approximate surface area is 332 Å². The predicted molar refractivity (Wildman–Crippen MR) is 235 cm³/mol. The van der Waals surface area contributed by atoms with Gasteiger partial charge in [-0.3, -0.25) is 4.57 Å². The average Bonchev–Trinajstić information content (AvgIpc) is 3.95. The molecule has 57 heavy (non-hydrogen) atoms. The Morgan fingerprint density at radius 1 is 0.754 bits per heavy atom. The molecule has 0 saturated carbocycles. The van der Waals surface area contributed by atoms with Gasteiger partial charge in [0.15, 0.2) is 0 Å². The van der Waals surface area contributed by atoms with Gasteiger partial charge < -0.3 is 20.9 Å². The lowest BCUT2D eigenvalue weighted by atomic mass is 9.68. The van der Waals surface area contributed by atoms with Gasteiger partial charge in [0, 0.05) is 44.8 Å². The number of nitrogens with two attached hydrogens (primary N) is 1. The van der Waals surface area contributed by atoms with Crippen LogP contribution in [0.2, 0.25) is 0 Å². The summed E-state index contributed by atoms with van der Waals surface area (Å²) in [7, 11) is 0. The summed E-state index contributed by atoms with van der Waals surface area (Å²) >= 11 is 0. The summed E-state index contributed by atoms with van der Waals surface area (Å²) in [6, 6.07) is 45.3. The second kappa shape index (κ2) is 12.0. The molecule has 5 aliphatic rings. The van der Waals surface area contributed by atoms with Crippen molar-refractivity contribution >= 4 is 40.5 Å². The topological polar surface area (TPSA) is 59.9 Å². The summed E-state index contributed by atoms with van der Waals surface area (Å²) in [6.45, 7) is 2.94. The largest absolute Gasteiger partial charge is 0.405 e. The zero-order chi connectivity index (χ0) is 37.8. The number of fused-ring (bicyclic) bond motifs is 13. The molecular weight excluding hydrogens is 695 g/mol. The van der Waals surface area contributed by atoms with Crippen LogP contribution < -0.4 is 16.4 Å². The highest BCUT2D eigenvalue weighted by atomic mass is 15.1. The van der Waals surface area contributed by atoms with Crippen LogP contribution in [0.1, 0.15) is 69.2 Å². The van der Waals surface area contributed by atoms with E-state index in [2.05, 4.69) is 172 Å². The zero-order valence-electron chi connectivity index (χ0n) is 31.8. The summed E-state index contributed by atoms with van der Waals surface area (Å²) in [4.78, 5) is 0. The molecule has 7 aromatic rings. The summed E-state index contributed by atoms with van der Waals surface area (Å²) in [5, 5.41) is 8.83. The van der Waals surface area contributed by atoms with E-state index in [1.807, 2.05) is 12.3 Å². The summed E-state index contributed by atoms with van der Waals surface area (Å²) in [6.07, 6.45) is 17.3. The minimum absolute atomic E-state index is 0.0496. The van der Waals surface area contributed by atoms with Crippen LogP contribution in [0.3, 0.4) is 0 Å². The third-order valence-corrected chi connectivity index (χ3v) is 13.2. The molecule has 5 nitrogen and oxygen atoms in total. The SMILES string of the molecule is Cc1c(/C=C\N)c2c(n1-c1ccc(-c3ccc(-n4c5c(c6ccccc64)C=C4C(N5)c5ccccc5C45C4=C(CCC=C4)c4ccccc45)cc3)cc1)CNC=C2. The summed E-state index contributed by atoms with van der Waals surface area (Å²) < 4.78 is 4.78. The number of nitrogens with zero attached hydrogens (tertiary/aromatic N) is 2. The Morgan fingerprint density at radius 3 is 2.28 bits per heavy atom. The molecule has 5 heteroatoms. The maximum Gasteiger partial charge on any atom is 0.119 e. The third kappa shape index (κ3) is 4.29. The first kappa shape index (κ1) is 32.3. The minimum Gasteiger partial charge on any atom is -0.405 e. The van der Waals surface area contributed by atoms with E-state index in [1.165, 1.54) is 89.1 Å². The molecule has 3 aliphatic carbocycles. The number of para-hydroxylation sites is 1. The number of anilines is 1. The number of rotatable bonds is 4. The van der Waals surface area contributed by atoms with Crippen molar-refractivity contribution in [1.82, 2.24) is 14.5 Å². The summed E-state index contributed by atoms with van der Waals surface area (Å²) in [5.41, 5.74) is 27.5. The van der Waals surface area contributed by atoms with E-state index >= 15 is 0 Å². The molecule has 2 unspecified atom stereocenters. The van der Waals surface area contributed by atoms with Crippen LogP contribution >= 0.6 is 0 Å². The highest BCUT2D eigenvalue weighted by Crippen LogP contribution is 2.66. The fraction of sp³-hybridized carbons (Fsp3) is 0.115. The van der Waals surface area contributed by atoms with Crippen molar-refractivity contribution in [3.05, 3.63) is 207 Å². The first-order chi connectivity index (χ1) is 28.2. The molecule has 12 rings (SSSR count). The van der Waals surface area contributed by atoms with E-state index in [1.54, 1.807) is 6.20 Å². The Bertz CT molecular complexity index is 3000. The lowest BCUT2D eigenvalue weighted by Gasteiger charge is -2.35. The van der Waals surface area contributed by atoms with Gasteiger partial charge in [-0.25, -0.2) is 0 Å². The van der Waals surface area contributed by atoms with Gasteiger partial charge in [-0.15, -0.1) is 0 Å². The molecule has 2 atom stereocenters. The number of hydrogen-bond donors (Lipinski definition) is 3. The van der Waals surface area contributed by atoms with Crippen molar-refractivity contribution in [1.29, 1.82) is 0 Å². The minimum atomic E-state index is -0.313. The van der Waals surface area contributed by atoms with Crippen molar-refractivity contribution in [3.8, 4) is 22.5 Å². The number of hydrogen-bond acceptors (Lipinski definition) is 3. The van der Waals surface area contributed by atoms with Gasteiger partial charge in [-0.1, -0.05) is 103 Å². The molecule has 2 aliphatic heterocycles. The molecule has 0 saturated heterocycles. The highest BCUT2D eigenvalue weighted by Gasteiger charge is 2.56.